The first kappa shape index (κ1) is 8.73. The second-order valence-corrected chi connectivity index (χ2v) is 3.85. The van der Waals surface area contributed by atoms with Crippen molar-refractivity contribution in [2.45, 2.75) is 25.4 Å². The maximum absolute atomic E-state index is 10.0. The zero-order chi connectivity index (χ0) is 9.47. The fourth-order valence-electron chi connectivity index (χ4n) is 1.98. The highest BCUT2D eigenvalue weighted by Gasteiger charge is 2.35. The summed E-state index contributed by atoms with van der Waals surface area (Å²) in [5.74, 6) is 0. The normalized spacial score (nSPS) is 26.1. The van der Waals surface area contributed by atoms with Crippen LogP contribution in [-0.2, 0) is 12.0 Å². The second-order valence-electron chi connectivity index (χ2n) is 3.85. The SMILES string of the molecule is Cc1ccc2c(c1)C(O)(CO)CC2. The first-order valence-electron chi connectivity index (χ1n) is 4.59. The van der Waals surface area contributed by atoms with Gasteiger partial charge < -0.3 is 10.2 Å². The first-order chi connectivity index (χ1) is 6.15. The third-order valence-electron chi connectivity index (χ3n) is 2.84. The quantitative estimate of drug-likeness (QED) is 0.676. The zero-order valence-electron chi connectivity index (χ0n) is 7.75. The number of aliphatic hydroxyl groups excluding tert-OH is 1. The van der Waals surface area contributed by atoms with E-state index in [-0.39, 0.29) is 6.61 Å². The van der Waals surface area contributed by atoms with Crippen molar-refractivity contribution in [1.29, 1.82) is 0 Å². The monoisotopic (exact) mass is 178 g/mol. The van der Waals surface area contributed by atoms with Crippen molar-refractivity contribution in [3.63, 3.8) is 0 Å². The Morgan fingerprint density at radius 1 is 1.46 bits per heavy atom. The predicted octanol–water partition coefficient (Wildman–Crippen LogP) is 1.12. The molecule has 1 aromatic carbocycles. The molecule has 0 saturated carbocycles. The lowest BCUT2D eigenvalue weighted by Gasteiger charge is -2.20. The Morgan fingerprint density at radius 3 is 2.92 bits per heavy atom. The van der Waals surface area contributed by atoms with Gasteiger partial charge in [-0.3, -0.25) is 0 Å². The van der Waals surface area contributed by atoms with Gasteiger partial charge >= 0.3 is 0 Å². The Bertz CT molecular complexity index is 333. The lowest BCUT2D eigenvalue weighted by molar-refractivity contribution is -0.0172. The van der Waals surface area contributed by atoms with Crippen molar-refractivity contribution in [2.75, 3.05) is 6.61 Å². The highest BCUT2D eigenvalue weighted by Crippen LogP contribution is 2.36. The van der Waals surface area contributed by atoms with Crippen LogP contribution in [0.3, 0.4) is 0 Å². The zero-order valence-corrected chi connectivity index (χ0v) is 7.75. The van der Waals surface area contributed by atoms with Crippen molar-refractivity contribution in [1.82, 2.24) is 0 Å². The largest absolute Gasteiger partial charge is 0.393 e. The van der Waals surface area contributed by atoms with Gasteiger partial charge in [0.25, 0.3) is 0 Å². The van der Waals surface area contributed by atoms with Gasteiger partial charge in [0.2, 0.25) is 0 Å². The van der Waals surface area contributed by atoms with E-state index >= 15 is 0 Å². The number of benzene rings is 1. The summed E-state index contributed by atoms with van der Waals surface area (Å²) in [4.78, 5) is 0. The molecule has 1 atom stereocenters. The summed E-state index contributed by atoms with van der Waals surface area (Å²) >= 11 is 0. The number of hydrogen-bond acceptors (Lipinski definition) is 2. The summed E-state index contributed by atoms with van der Waals surface area (Å²) in [5, 5.41) is 19.1. The molecule has 0 saturated heterocycles. The van der Waals surface area contributed by atoms with Crippen LogP contribution in [0, 0.1) is 6.92 Å². The topological polar surface area (TPSA) is 40.5 Å². The van der Waals surface area contributed by atoms with Crippen molar-refractivity contribution in [3.8, 4) is 0 Å². The second kappa shape index (κ2) is 2.82. The van der Waals surface area contributed by atoms with Gasteiger partial charge in [-0.15, -0.1) is 0 Å². The van der Waals surface area contributed by atoms with Crippen LogP contribution in [0.25, 0.3) is 0 Å². The van der Waals surface area contributed by atoms with Crippen LogP contribution in [0.5, 0.6) is 0 Å². The molecule has 0 spiro atoms. The van der Waals surface area contributed by atoms with Gasteiger partial charge in [-0.2, -0.15) is 0 Å². The minimum atomic E-state index is -0.985. The number of fused-ring (bicyclic) bond motifs is 1. The molecule has 2 heteroatoms. The highest BCUT2D eigenvalue weighted by molar-refractivity contribution is 5.39. The van der Waals surface area contributed by atoms with Gasteiger partial charge in [-0.1, -0.05) is 23.8 Å². The summed E-state index contributed by atoms with van der Waals surface area (Å²) in [6.45, 7) is 1.82. The van der Waals surface area contributed by atoms with E-state index in [1.54, 1.807) is 0 Å². The molecule has 2 rings (SSSR count). The van der Waals surface area contributed by atoms with E-state index in [9.17, 15) is 5.11 Å². The van der Waals surface area contributed by atoms with E-state index in [0.717, 1.165) is 17.5 Å². The Balaban J connectivity index is 2.52. The smallest absolute Gasteiger partial charge is 0.113 e. The molecule has 0 heterocycles. The summed E-state index contributed by atoms with van der Waals surface area (Å²) < 4.78 is 0. The minimum Gasteiger partial charge on any atom is -0.393 e. The summed E-state index contributed by atoms with van der Waals surface area (Å²) in [6.07, 6.45) is 1.51. The van der Waals surface area contributed by atoms with E-state index in [1.807, 2.05) is 25.1 Å². The molecule has 0 aromatic heterocycles. The minimum absolute atomic E-state index is 0.177. The van der Waals surface area contributed by atoms with Crippen LogP contribution in [-0.4, -0.2) is 16.8 Å². The van der Waals surface area contributed by atoms with E-state index in [0.29, 0.717) is 6.42 Å². The molecule has 0 amide bonds. The van der Waals surface area contributed by atoms with Gasteiger partial charge in [0.1, 0.15) is 5.60 Å². The van der Waals surface area contributed by atoms with Crippen LogP contribution in [0.15, 0.2) is 18.2 Å². The predicted molar refractivity (Wildman–Crippen MR) is 50.5 cm³/mol. The first-order valence-corrected chi connectivity index (χ1v) is 4.59. The molecule has 2 nitrogen and oxygen atoms in total. The number of rotatable bonds is 1. The molecule has 13 heavy (non-hydrogen) atoms. The third kappa shape index (κ3) is 1.26. The van der Waals surface area contributed by atoms with Gasteiger partial charge in [0.05, 0.1) is 6.61 Å². The molecule has 0 bridgehead atoms. The molecule has 0 radical (unpaired) electrons. The number of aliphatic hydroxyl groups is 2. The van der Waals surface area contributed by atoms with Crippen molar-refractivity contribution in [2.24, 2.45) is 0 Å². The standard InChI is InChI=1S/C11H14O2/c1-8-2-3-9-4-5-11(13,7-12)10(9)6-8/h2-3,6,12-13H,4-5,7H2,1H3. The van der Waals surface area contributed by atoms with Crippen molar-refractivity contribution in [3.05, 3.63) is 34.9 Å². The Hall–Kier alpha value is -0.860. The molecule has 1 aliphatic rings. The van der Waals surface area contributed by atoms with Crippen LogP contribution in [0.2, 0.25) is 0 Å². The van der Waals surface area contributed by atoms with Crippen LogP contribution in [0.4, 0.5) is 0 Å². The van der Waals surface area contributed by atoms with E-state index in [4.69, 9.17) is 5.11 Å². The summed E-state index contributed by atoms with van der Waals surface area (Å²) in [5.41, 5.74) is 2.23. The van der Waals surface area contributed by atoms with Crippen molar-refractivity contribution < 1.29 is 10.2 Å². The van der Waals surface area contributed by atoms with E-state index in [1.165, 1.54) is 5.56 Å². The Labute approximate surface area is 77.8 Å². The Morgan fingerprint density at radius 2 is 2.23 bits per heavy atom. The highest BCUT2D eigenvalue weighted by atomic mass is 16.3. The number of aryl methyl sites for hydroxylation is 2. The lowest BCUT2D eigenvalue weighted by Crippen LogP contribution is -2.26. The fourth-order valence-corrected chi connectivity index (χ4v) is 1.98. The van der Waals surface area contributed by atoms with Gasteiger partial charge in [-0.05, 0) is 30.9 Å². The maximum Gasteiger partial charge on any atom is 0.113 e. The molecular formula is C11H14O2. The average molecular weight is 178 g/mol. The molecule has 1 aliphatic carbocycles. The molecule has 1 unspecified atom stereocenters. The van der Waals surface area contributed by atoms with Gasteiger partial charge in [-0.25, -0.2) is 0 Å². The van der Waals surface area contributed by atoms with Crippen molar-refractivity contribution >= 4 is 0 Å². The van der Waals surface area contributed by atoms with E-state index < -0.39 is 5.60 Å². The molecule has 0 fully saturated rings. The maximum atomic E-state index is 10.0. The molecule has 1 aromatic rings. The fraction of sp³-hybridized carbons (Fsp3) is 0.455. The molecule has 2 N–H and O–H groups in total. The molecular weight excluding hydrogens is 164 g/mol. The molecule has 70 valence electrons. The average Bonchev–Trinajstić information content (AvgIpc) is 2.45. The number of hydrogen-bond donors (Lipinski definition) is 2. The van der Waals surface area contributed by atoms with Gasteiger partial charge in [0.15, 0.2) is 0 Å². The Kier molecular flexibility index (Phi) is 1.90. The third-order valence-corrected chi connectivity index (χ3v) is 2.84. The van der Waals surface area contributed by atoms with Crippen LogP contribution >= 0.6 is 0 Å². The van der Waals surface area contributed by atoms with Gasteiger partial charge in [0, 0.05) is 0 Å². The lowest BCUT2D eigenvalue weighted by atomic mass is 9.96. The van der Waals surface area contributed by atoms with E-state index in [2.05, 4.69) is 0 Å². The summed E-state index contributed by atoms with van der Waals surface area (Å²) in [7, 11) is 0. The molecule has 0 aliphatic heterocycles. The summed E-state index contributed by atoms with van der Waals surface area (Å²) in [6, 6.07) is 6.05. The van der Waals surface area contributed by atoms with Crippen LogP contribution in [0.1, 0.15) is 23.1 Å². The van der Waals surface area contributed by atoms with Crippen LogP contribution < -0.4 is 0 Å².